The van der Waals surface area contributed by atoms with Crippen LogP contribution < -0.4 is 5.73 Å². The van der Waals surface area contributed by atoms with E-state index in [1.807, 2.05) is 0 Å². The van der Waals surface area contributed by atoms with Crippen molar-refractivity contribution in [1.29, 1.82) is 0 Å². The highest BCUT2D eigenvalue weighted by atomic mass is 16.4. The zero-order chi connectivity index (χ0) is 8.20. The van der Waals surface area contributed by atoms with Crippen molar-refractivity contribution in [2.45, 2.75) is 25.3 Å². The number of nitrogens with two attached hydrogens (primary N) is 1. The molecule has 3 N–H and O–H groups in total. The summed E-state index contributed by atoms with van der Waals surface area (Å²) in [5, 5.41) is 8.51. The van der Waals surface area contributed by atoms with Gasteiger partial charge in [-0.25, -0.2) is 0 Å². The minimum atomic E-state index is -1.10. The molecule has 0 radical (unpaired) electrons. The van der Waals surface area contributed by atoms with Gasteiger partial charge in [0.2, 0.25) is 0 Å². The average molecular weight is 143 g/mol. The predicted octanol–water partition coefficient (Wildman–Crippen LogP) is 0.755. The maximum Gasteiger partial charge on any atom is 0.323 e. The lowest BCUT2D eigenvalue weighted by Crippen LogP contribution is -2.44. The summed E-state index contributed by atoms with van der Waals surface area (Å²) in [6.07, 6.45) is 2.74. The van der Waals surface area contributed by atoms with Gasteiger partial charge >= 0.3 is 5.97 Å². The van der Waals surface area contributed by atoms with E-state index in [4.69, 9.17) is 10.8 Å². The van der Waals surface area contributed by atoms with Crippen LogP contribution in [0.15, 0.2) is 12.7 Å². The Hall–Kier alpha value is -0.830. The third-order valence-electron chi connectivity index (χ3n) is 1.36. The molecule has 0 unspecified atom stereocenters. The van der Waals surface area contributed by atoms with E-state index in [2.05, 4.69) is 6.58 Å². The molecule has 0 rings (SSSR count). The maximum atomic E-state index is 10.4. The van der Waals surface area contributed by atoms with Crippen molar-refractivity contribution >= 4 is 5.97 Å². The van der Waals surface area contributed by atoms with Crippen LogP contribution in [-0.2, 0) is 4.79 Å². The highest BCUT2D eigenvalue weighted by Crippen LogP contribution is 2.08. The second-order valence-electron chi connectivity index (χ2n) is 2.55. The van der Waals surface area contributed by atoms with Crippen molar-refractivity contribution in [1.82, 2.24) is 0 Å². The molecule has 1 atom stereocenters. The zero-order valence-electron chi connectivity index (χ0n) is 6.13. The largest absolute Gasteiger partial charge is 0.480 e. The molecule has 3 heteroatoms. The predicted molar refractivity (Wildman–Crippen MR) is 39.7 cm³/mol. The normalized spacial score (nSPS) is 15.8. The molecule has 0 heterocycles. The SMILES string of the molecule is C=CCC[C@](C)(N)C(=O)O. The Kier molecular flexibility index (Phi) is 3.09. The molecule has 0 saturated heterocycles. The third-order valence-corrected chi connectivity index (χ3v) is 1.36. The average Bonchev–Trinajstić information content (AvgIpc) is 1.84. The zero-order valence-corrected chi connectivity index (χ0v) is 6.13. The minimum absolute atomic E-state index is 0.436. The fraction of sp³-hybridized carbons (Fsp3) is 0.571. The Labute approximate surface area is 60.5 Å². The number of hydrogen-bond donors (Lipinski definition) is 2. The van der Waals surface area contributed by atoms with Gasteiger partial charge in [0.05, 0.1) is 0 Å². The van der Waals surface area contributed by atoms with Crippen molar-refractivity contribution in [3.8, 4) is 0 Å². The first-order valence-electron chi connectivity index (χ1n) is 3.14. The van der Waals surface area contributed by atoms with Gasteiger partial charge in [-0.1, -0.05) is 6.08 Å². The lowest BCUT2D eigenvalue weighted by atomic mass is 9.98. The summed E-state index contributed by atoms with van der Waals surface area (Å²) in [6, 6.07) is 0. The maximum absolute atomic E-state index is 10.4. The summed E-state index contributed by atoms with van der Waals surface area (Å²) in [5.41, 5.74) is 4.30. The van der Waals surface area contributed by atoms with Gasteiger partial charge in [0, 0.05) is 0 Å². The van der Waals surface area contributed by atoms with E-state index in [0.29, 0.717) is 12.8 Å². The topological polar surface area (TPSA) is 63.3 Å². The summed E-state index contributed by atoms with van der Waals surface area (Å²) >= 11 is 0. The van der Waals surface area contributed by atoms with Crippen molar-refractivity contribution in [3.63, 3.8) is 0 Å². The van der Waals surface area contributed by atoms with E-state index in [1.165, 1.54) is 6.92 Å². The van der Waals surface area contributed by atoms with Crippen LogP contribution in [0, 0.1) is 0 Å². The molecule has 0 spiro atoms. The van der Waals surface area contributed by atoms with Crippen LogP contribution in [0.4, 0.5) is 0 Å². The van der Waals surface area contributed by atoms with Crippen molar-refractivity contribution < 1.29 is 9.90 Å². The standard InChI is InChI=1S/C7H13NO2/c1-3-4-5-7(2,8)6(9)10/h3H,1,4-5,8H2,2H3,(H,9,10)/t7-/m0/s1. The second-order valence-corrected chi connectivity index (χ2v) is 2.55. The van der Waals surface area contributed by atoms with Crippen LogP contribution >= 0.6 is 0 Å². The van der Waals surface area contributed by atoms with Gasteiger partial charge in [0.15, 0.2) is 0 Å². The molecule has 0 aromatic carbocycles. The summed E-state index contributed by atoms with van der Waals surface area (Å²) in [5.74, 6) is -0.964. The van der Waals surface area contributed by atoms with Crippen molar-refractivity contribution in [2.75, 3.05) is 0 Å². The molecule has 10 heavy (non-hydrogen) atoms. The molecule has 0 amide bonds. The van der Waals surface area contributed by atoms with Crippen LogP contribution in [0.3, 0.4) is 0 Å². The Morgan fingerprint density at radius 2 is 2.40 bits per heavy atom. The number of rotatable bonds is 4. The van der Waals surface area contributed by atoms with E-state index in [1.54, 1.807) is 6.08 Å². The van der Waals surface area contributed by atoms with Crippen LogP contribution in [0.5, 0.6) is 0 Å². The van der Waals surface area contributed by atoms with Gasteiger partial charge in [-0.15, -0.1) is 6.58 Å². The second kappa shape index (κ2) is 3.37. The molecule has 3 nitrogen and oxygen atoms in total. The fourth-order valence-electron chi connectivity index (χ4n) is 0.509. The van der Waals surface area contributed by atoms with Crippen molar-refractivity contribution in [3.05, 3.63) is 12.7 Å². The number of carboxylic acid groups (broad SMARTS) is 1. The van der Waals surface area contributed by atoms with Crippen LogP contribution in [0.25, 0.3) is 0 Å². The summed E-state index contributed by atoms with van der Waals surface area (Å²) < 4.78 is 0. The third kappa shape index (κ3) is 2.64. The van der Waals surface area contributed by atoms with Crippen LogP contribution in [0.1, 0.15) is 19.8 Å². The van der Waals surface area contributed by atoms with Gasteiger partial charge < -0.3 is 10.8 Å². The fourth-order valence-corrected chi connectivity index (χ4v) is 0.509. The van der Waals surface area contributed by atoms with Crippen LogP contribution in [-0.4, -0.2) is 16.6 Å². The highest BCUT2D eigenvalue weighted by molar-refractivity contribution is 5.77. The Morgan fingerprint density at radius 3 is 2.70 bits per heavy atom. The molecule has 0 aromatic heterocycles. The number of aliphatic carboxylic acids is 1. The summed E-state index contributed by atoms with van der Waals surface area (Å²) in [7, 11) is 0. The van der Waals surface area contributed by atoms with E-state index < -0.39 is 11.5 Å². The minimum Gasteiger partial charge on any atom is -0.480 e. The molecule has 0 fully saturated rings. The van der Waals surface area contributed by atoms with Gasteiger partial charge in [0.1, 0.15) is 5.54 Å². The molecule has 0 aliphatic carbocycles. The molecule has 0 saturated carbocycles. The van der Waals surface area contributed by atoms with Crippen molar-refractivity contribution in [2.24, 2.45) is 5.73 Å². The lowest BCUT2D eigenvalue weighted by molar-refractivity contribution is -0.142. The smallest absolute Gasteiger partial charge is 0.323 e. The number of carbonyl (C=O) groups is 1. The van der Waals surface area contributed by atoms with Gasteiger partial charge in [-0.05, 0) is 19.8 Å². The lowest BCUT2D eigenvalue weighted by Gasteiger charge is -2.17. The first kappa shape index (κ1) is 9.17. The first-order chi connectivity index (χ1) is 4.50. The van der Waals surface area contributed by atoms with Gasteiger partial charge in [-0.2, -0.15) is 0 Å². The number of allylic oxidation sites excluding steroid dienone is 1. The Bertz CT molecular complexity index is 141. The molecule has 0 aliphatic heterocycles. The van der Waals surface area contributed by atoms with E-state index >= 15 is 0 Å². The van der Waals surface area contributed by atoms with Gasteiger partial charge in [0.25, 0.3) is 0 Å². The van der Waals surface area contributed by atoms with E-state index in [9.17, 15) is 4.79 Å². The molecule has 0 aromatic rings. The van der Waals surface area contributed by atoms with Crippen LogP contribution in [0.2, 0.25) is 0 Å². The molecule has 58 valence electrons. The number of hydrogen-bond acceptors (Lipinski definition) is 2. The van der Waals surface area contributed by atoms with E-state index in [-0.39, 0.29) is 0 Å². The molecular formula is C7H13NO2. The quantitative estimate of drug-likeness (QED) is 0.571. The summed E-state index contributed by atoms with van der Waals surface area (Å²) in [6.45, 7) is 4.97. The highest BCUT2D eigenvalue weighted by Gasteiger charge is 2.26. The first-order valence-corrected chi connectivity index (χ1v) is 3.14. The molecule has 0 bridgehead atoms. The Morgan fingerprint density at radius 1 is 1.90 bits per heavy atom. The summed E-state index contributed by atoms with van der Waals surface area (Å²) in [4.78, 5) is 10.4. The molecule has 0 aliphatic rings. The molecular weight excluding hydrogens is 130 g/mol. The van der Waals surface area contributed by atoms with Gasteiger partial charge in [-0.3, -0.25) is 4.79 Å². The van der Waals surface area contributed by atoms with E-state index in [0.717, 1.165) is 0 Å². The monoisotopic (exact) mass is 143 g/mol. The number of carboxylic acids is 1. The Balaban J connectivity index is 3.86.